The SMILES string of the molecule is O=C1CC2(CCCC2)CC(=O)N1CCc1ccccc1. The molecule has 2 aliphatic rings. The predicted octanol–water partition coefficient (Wildman–Crippen LogP) is 2.94. The molecule has 0 radical (unpaired) electrons. The number of rotatable bonds is 3. The van der Waals surface area contributed by atoms with Crippen LogP contribution < -0.4 is 0 Å². The zero-order chi connectivity index (χ0) is 14.0. The average Bonchev–Trinajstić information content (AvgIpc) is 2.86. The summed E-state index contributed by atoms with van der Waals surface area (Å²) < 4.78 is 0. The highest BCUT2D eigenvalue weighted by atomic mass is 16.2. The second-order valence-corrected chi connectivity index (χ2v) is 6.24. The van der Waals surface area contributed by atoms with Crippen LogP contribution in [-0.4, -0.2) is 23.3 Å². The third-order valence-electron chi connectivity index (χ3n) is 4.79. The van der Waals surface area contributed by atoms with Crippen LogP contribution in [0.4, 0.5) is 0 Å². The van der Waals surface area contributed by atoms with Crippen molar-refractivity contribution in [1.82, 2.24) is 4.90 Å². The fourth-order valence-corrected chi connectivity index (χ4v) is 3.65. The van der Waals surface area contributed by atoms with E-state index in [0.717, 1.165) is 19.3 Å². The van der Waals surface area contributed by atoms with Crippen molar-refractivity contribution < 1.29 is 9.59 Å². The molecule has 3 nitrogen and oxygen atoms in total. The van der Waals surface area contributed by atoms with Crippen LogP contribution >= 0.6 is 0 Å². The highest BCUT2D eigenvalue weighted by Crippen LogP contribution is 2.46. The van der Waals surface area contributed by atoms with Crippen molar-refractivity contribution in [1.29, 1.82) is 0 Å². The lowest BCUT2D eigenvalue weighted by Crippen LogP contribution is -2.47. The van der Waals surface area contributed by atoms with Gasteiger partial charge >= 0.3 is 0 Å². The summed E-state index contributed by atoms with van der Waals surface area (Å²) in [6, 6.07) is 10.0. The van der Waals surface area contributed by atoms with Gasteiger partial charge in [-0.05, 0) is 30.2 Å². The van der Waals surface area contributed by atoms with E-state index in [-0.39, 0.29) is 17.2 Å². The van der Waals surface area contributed by atoms with E-state index in [0.29, 0.717) is 19.4 Å². The Kier molecular flexibility index (Phi) is 3.60. The molecule has 1 heterocycles. The molecule has 1 aliphatic carbocycles. The van der Waals surface area contributed by atoms with Gasteiger partial charge < -0.3 is 0 Å². The first-order valence-corrected chi connectivity index (χ1v) is 7.56. The molecule has 1 aromatic carbocycles. The van der Waals surface area contributed by atoms with E-state index < -0.39 is 0 Å². The summed E-state index contributed by atoms with van der Waals surface area (Å²) in [5, 5.41) is 0. The molecule has 3 heteroatoms. The zero-order valence-corrected chi connectivity index (χ0v) is 11.8. The van der Waals surface area contributed by atoms with E-state index in [9.17, 15) is 9.59 Å². The molecule has 3 rings (SSSR count). The maximum Gasteiger partial charge on any atom is 0.229 e. The first kappa shape index (κ1) is 13.3. The second kappa shape index (κ2) is 5.39. The normalized spacial score (nSPS) is 21.7. The minimum Gasteiger partial charge on any atom is -0.282 e. The molecule has 1 aliphatic heterocycles. The lowest BCUT2D eigenvalue weighted by atomic mass is 9.76. The number of amides is 2. The third-order valence-corrected chi connectivity index (χ3v) is 4.79. The van der Waals surface area contributed by atoms with E-state index >= 15 is 0 Å². The van der Waals surface area contributed by atoms with Gasteiger partial charge in [0.2, 0.25) is 11.8 Å². The van der Waals surface area contributed by atoms with E-state index in [1.165, 1.54) is 23.3 Å². The van der Waals surface area contributed by atoms with Crippen LogP contribution in [0, 0.1) is 5.41 Å². The number of piperidine rings is 1. The molecule has 0 atom stereocenters. The van der Waals surface area contributed by atoms with Gasteiger partial charge in [-0.2, -0.15) is 0 Å². The molecule has 20 heavy (non-hydrogen) atoms. The van der Waals surface area contributed by atoms with Crippen molar-refractivity contribution in [2.45, 2.75) is 44.9 Å². The van der Waals surface area contributed by atoms with Gasteiger partial charge in [0, 0.05) is 19.4 Å². The van der Waals surface area contributed by atoms with Gasteiger partial charge in [0.25, 0.3) is 0 Å². The molecule has 1 spiro atoms. The van der Waals surface area contributed by atoms with Crippen molar-refractivity contribution in [3.63, 3.8) is 0 Å². The summed E-state index contributed by atoms with van der Waals surface area (Å²) in [6.07, 6.45) is 6.36. The van der Waals surface area contributed by atoms with Gasteiger partial charge in [0.15, 0.2) is 0 Å². The molecule has 1 saturated carbocycles. The van der Waals surface area contributed by atoms with Crippen LogP contribution in [0.5, 0.6) is 0 Å². The Morgan fingerprint density at radius 1 is 0.950 bits per heavy atom. The van der Waals surface area contributed by atoms with Crippen LogP contribution in [-0.2, 0) is 16.0 Å². The smallest absolute Gasteiger partial charge is 0.229 e. The summed E-state index contributed by atoms with van der Waals surface area (Å²) in [6.45, 7) is 0.526. The second-order valence-electron chi connectivity index (χ2n) is 6.24. The van der Waals surface area contributed by atoms with Gasteiger partial charge in [-0.15, -0.1) is 0 Å². The first-order chi connectivity index (χ1) is 9.69. The summed E-state index contributed by atoms with van der Waals surface area (Å²) >= 11 is 0. The number of likely N-dealkylation sites (tertiary alicyclic amines) is 1. The standard InChI is InChI=1S/C17H21NO2/c19-15-12-17(9-4-5-10-17)13-16(20)18(15)11-8-14-6-2-1-3-7-14/h1-3,6-7H,4-5,8-13H2. The van der Waals surface area contributed by atoms with E-state index in [4.69, 9.17) is 0 Å². The van der Waals surface area contributed by atoms with Gasteiger partial charge in [-0.25, -0.2) is 0 Å². The third kappa shape index (κ3) is 2.62. The van der Waals surface area contributed by atoms with Crippen molar-refractivity contribution >= 4 is 11.8 Å². The van der Waals surface area contributed by atoms with Gasteiger partial charge in [-0.3, -0.25) is 14.5 Å². The van der Waals surface area contributed by atoms with Crippen molar-refractivity contribution in [2.24, 2.45) is 5.41 Å². The van der Waals surface area contributed by atoms with E-state index in [1.807, 2.05) is 30.3 Å². The molecule has 106 valence electrons. The van der Waals surface area contributed by atoms with Gasteiger partial charge in [-0.1, -0.05) is 43.2 Å². The van der Waals surface area contributed by atoms with Crippen molar-refractivity contribution in [2.75, 3.05) is 6.54 Å². The molecular weight excluding hydrogens is 250 g/mol. The summed E-state index contributed by atoms with van der Waals surface area (Å²) in [5.41, 5.74) is 1.19. The highest BCUT2D eigenvalue weighted by molar-refractivity contribution is 5.98. The molecule has 1 saturated heterocycles. The molecule has 1 aromatic rings. The Bertz CT molecular complexity index is 483. The Balaban J connectivity index is 1.63. The number of carbonyl (C=O) groups is 2. The zero-order valence-electron chi connectivity index (χ0n) is 11.8. The fraction of sp³-hybridized carbons (Fsp3) is 0.529. The quantitative estimate of drug-likeness (QED) is 0.793. The predicted molar refractivity (Wildman–Crippen MR) is 77.0 cm³/mol. The number of hydrogen-bond acceptors (Lipinski definition) is 2. The van der Waals surface area contributed by atoms with Crippen molar-refractivity contribution in [3.05, 3.63) is 35.9 Å². The molecule has 0 N–H and O–H groups in total. The Morgan fingerprint density at radius 2 is 1.55 bits per heavy atom. The highest BCUT2D eigenvalue weighted by Gasteiger charge is 2.44. The maximum absolute atomic E-state index is 12.3. The summed E-state index contributed by atoms with van der Waals surface area (Å²) in [5.74, 6) is 0.0816. The minimum atomic E-state index is 0.0113. The van der Waals surface area contributed by atoms with Crippen LogP contribution in [0.25, 0.3) is 0 Å². The summed E-state index contributed by atoms with van der Waals surface area (Å²) in [7, 11) is 0. The van der Waals surface area contributed by atoms with Crippen LogP contribution in [0.1, 0.15) is 44.1 Å². The van der Waals surface area contributed by atoms with Crippen LogP contribution in [0.3, 0.4) is 0 Å². The first-order valence-electron chi connectivity index (χ1n) is 7.56. The minimum absolute atomic E-state index is 0.0113. The fourth-order valence-electron chi connectivity index (χ4n) is 3.65. The van der Waals surface area contributed by atoms with Crippen LogP contribution in [0.2, 0.25) is 0 Å². The molecule has 0 bridgehead atoms. The van der Waals surface area contributed by atoms with Crippen LogP contribution in [0.15, 0.2) is 30.3 Å². The number of benzene rings is 1. The Labute approximate surface area is 120 Å². The number of hydrogen-bond donors (Lipinski definition) is 0. The Morgan fingerprint density at radius 3 is 2.15 bits per heavy atom. The molecular formula is C17H21NO2. The lowest BCUT2D eigenvalue weighted by molar-refractivity contribution is -0.153. The molecule has 2 amide bonds. The van der Waals surface area contributed by atoms with Gasteiger partial charge in [0.05, 0.1) is 0 Å². The maximum atomic E-state index is 12.3. The molecule has 2 fully saturated rings. The van der Waals surface area contributed by atoms with Gasteiger partial charge in [0.1, 0.15) is 0 Å². The number of nitrogens with zero attached hydrogens (tertiary/aromatic N) is 1. The molecule has 0 unspecified atom stereocenters. The van der Waals surface area contributed by atoms with E-state index in [2.05, 4.69) is 0 Å². The Hall–Kier alpha value is -1.64. The summed E-state index contributed by atoms with van der Waals surface area (Å²) in [4.78, 5) is 26.1. The molecule has 0 aromatic heterocycles. The average molecular weight is 271 g/mol. The number of imide groups is 1. The monoisotopic (exact) mass is 271 g/mol. The van der Waals surface area contributed by atoms with E-state index in [1.54, 1.807) is 0 Å². The number of carbonyl (C=O) groups excluding carboxylic acids is 2. The largest absolute Gasteiger partial charge is 0.282 e. The lowest BCUT2D eigenvalue weighted by Gasteiger charge is -2.37. The van der Waals surface area contributed by atoms with Crippen molar-refractivity contribution in [3.8, 4) is 0 Å². The topological polar surface area (TPSA) is 37.4 Å².